The van der Waals surface area contributed by atoms with E-state index < -0.39 is 5.60 Å². The number of carbonyl (C=O) groups is 1. The predicted molar refractivity (Wildman–Crippen MR) is 160 cm³/mol. The Bertz CT molecular complexity index is 1670. The van der Waals surface area contributed by atoms with Crippen LogP contribution in [-0.2, 0) is 23.1 Å². The standard InChI is InChI=1S/C31H39N7O3/c1-19(2)37-27(39)23-17-32-28(35-26(23)38(37)25-11-9-10-24(34-25)30(3,4)5)33-22-13-12-21-18-36(15-14-20(21)16-22)29(40)41-31(6,7)8/h9-13,16-17,19H,14-15,18H2,1-8H3,(H,32,33,35). The maximum atomic E-state index is 13.4. The number of hydrogen-bond donors (Lipinski definition) is 1. The first-order valence-electron chi connectivity index (χ1n) is 14.1. The van der Waals surface area contributed by atoms with E-state index in [0.717, 1.165) is 28.9 Å². The summed E-state index contributed by atoms with van der Waals surface area (Å²) in [4.78, 5) is 41.9. The molecule has 4 aromatic rings. The van der Waals surface area contributed by atoms with E-state index in [1.165, 1.54) is 0 Å². The van der Waals surface area contributed by atoms with Crippen molar-refractivity contribution in [3.05, 3.63) is 69.8 Å². The van der Waals surface area contributed by atoms with Crippen molar-refractivity contribution in [1.29, 1.82) is 0 Å². The maximum Gasteiger partial charge on any atom is 0.410 e. The number of ether oxygens (including phenoxy) is 1. The first kappa shape index (κ1) is 28.3. The zero-order chi connectivity index (χ0) is 29.7. The van der Waals surface area contributed by atoms with Gasteiger partial charge in [-0.3, -0.25) is 4.79 Å². The Morgan fingerprint density at radius 3 is 2.46 bits per heavy atom. The number of anilines is 2. The van der Waals surface area contributed by atoms with Crippen LogP contribution in [0.4, 0.5) is 16.4 Å². The third-order valence-electron chi connectivity index (χ3n) is 6.96. The van der Waals surface area contributed by atoms with Gasteiger partial charge in [0.2, 0.25) is 5.95 Å². The Balaban J connectivity index is 1.47. The maximum absolute atomic E-state index is 13.4. The van der Waals surface area contributed by atoms with Gasteiger partial charge in [0.1, 0.15) is 11.0 Å². The van der Waals surface area contributed by atoms with Crippen LogP contribution in [0.1, 0.15) is 78.3 Å². The van der Waals surface area contributed by atoms with E-state index in [2.05, 4.69) is 37.1 Å². The molecule has 41 heavy (non-hydrogen) atoms. The molecule has 10 nitrogen and oxygen atoms in total. The number of fused-ring (bicyclic) bond motifs is 2. The van der Waals surface area contributed by atoms with Gasteiger partial charge in [0.15, 0.2) is 11.5 Å². The van der Waals surface area contributed by atoms with Crippen LogP contribution < -0.4 is 10.9 Å². The van der Waals surface area contributed by atoms with E-state index in [0.29, 0.717) is 35.9 Å². The van der Waals surface area contributed by atoms with Gasteiger partial charge in [-0.05, 0) is 76.4 Å². The fourth-order valence-corrected chi connectivity index (χ4v) is 4.95. The Kier molecular flexibility index (Phi) is 7.13. The summed E-state index contributed by atoms with van der Waals surface area (Å²) in [6.45, 7) is 17.0. The second kappa shape index (κ2) is 10.3. The molecule has 0 unspecified atom stereocenters. The van der Waals surface area contributed by atoms with Gasteiger partial charge in [-0.15, -0.1) is 0 Å². The third-order valence-corrected chi connectivity index (χ3v) is 6.96. The van der Waals surface area contributed by atoms with Crippen LogP contribution >= 0.6 is 0 Å². The van der Waals surface area contributed by atoms with Gasteiger partial charge in [-0.1, -0.05) is 32.9 Å². The zero-order valence-electron chi connectivity index (χ0n) is 25.1. The molecular formula is C31H39N7O3. The van der Waals surface area contributed by atoms with Crippen molar-refractivity contribution >= 4 is 28.8 Å². The monoisotopic (exact) mass is 557 g/mol. The molecule has 1 N–H and O–H groups in total. The SMILES string of the molecule is CC(C)n1c(=O)c2cnc(Nc3ccc4c(c3)CCN(C(=O)OC(C)(C)C)C4)nc2n1-c1cccc(C(C)(C)C)n1. The van der Waals surface area contributed by atoms with Crippen LogP contribution in [0.25, 0.3) is 16.9 Å². The van der Waals surface area contributed by atoms with Crippen LogP contribution in [0.3, 0.4) is 0 Å². The van der Waals surface area contributed by atoms with Crippen LogP contribution in [0.5, 0.6) is 0 Å². The second-order valence-corrected chi connectivity index (χ2v) is 12.9. The van der Waals surface area contributed by atoms with Gasteiger partial charge in [0.05, 0.1) is 0 Å². The second-order valence-electron chi connectivity index (χ2n) is 12.9. The molecule has 0 bridgehead atoms. The third kappa shape index (κ3) is 5.82. The van der Waals surface area contributed by atoms with E-state index in [1.807, 2.05) is 65.0 Å². The number of amides is 1. The molecule has 0 spiro atoms. The molecule has 0 saturated heterocycles. The molecule has 0 saturated carbocycles. The average Bonchev–Trinajstić information content (AvgIpc) is 3.18. The first-order chi connectivity index (χ1) is 19.2. The lowest BCUT2D eigenvalue weighted by molar-refractivity contribution is 0.0224. The van der Waals surface area contributed by atoms with E-state index in [9.17, 15) is 9.59 Å². The van der Waals surface area contributed by atoms with Crippen LogP contribution in [0.2, 0.25) is 0 Å². The summed E-state index contributed by atoms with van der Waals surface area (Å²) in [5.41, 5.74) is 3.64. The largest absolute Gasteiger partial charge is 0.444 e. The Morgan fingerprint density at radius 2 is 1.78 bits per heavy atom. The molecule has 0 fully saturated rings. The van der Waals surface area contributed by atoms with E-state index in [1.54, 1.807) is 20.5 Å². The highest BCUT2D eigenvalue weighted by Crippen LogP contribution is 2.27. The number of carbonyl (C=O) groups excluding carboxylic acids is 1. The number of rotatable bonds is 4. The molecule has 1 aliphatic rings. The molecule has 216 valence electrons. The Hall–Kier alpha value is -4.21. The van der Waals surface area contributed by atoms with E-state index >= 15 is 0 Å². The van der Waals surface area contributed by atoms with Crippen LogP contribution in [0.15, 0.2) is 47.4 Å². The molecule has 1 aromatic carbocycles. The number of hydrogen-bond acceptors (Lipinski definition) is 7. The fourth-order valence-electron chi connectivity index (χ4n) is 4.95. The predicted octanol–water partition coefficient (Wildman–Crippen LogP) is 5.89. The number of aromatic nitrogens is 5. The van der Waals surface area contributed by atoms with Gasteiger partial charge in [-0.2, -0.15) is 4.98 Å². The first-order valence-corrected chi connectivity index (χ1v) is 14.1. The highest BCUT2D eigenvalue weighted by molar-refractivity contribution is 5.77. The average molecular weight is 558 g/mol. The quantitative estimate of drug-likeness (QED) is 0.333. The molecule has 0 radical (unpaired) electrons. The molecule has 1 aliphatic heterocycles. The van der Waals surface area contributed by atoms with Crippen molar-refractivity contribution in [2.24, 2.45) is 0 Å². The molecule has 0 atom stereocenters. The Morgan fingerprint density at radius 1 is 1.02 bits per heavy atom. The van der Waals surface area contributed by atoms with Crippen molar-refractivity contribution in [3.63, 3.8) is 0 Å². The molecule has 5 rings (SSSR count). The zero-order valence-corrected chi connectivity index (χ0v) is 25.1. The lowest BCUT2D eigenvalue weighted by Crippen LogP contribution is -2.39. The number of benzene rings is 1. The van der Waals surface area contributed by atoms with Crippen LogP contribution in [0, 0.1) is 0 Å². The van der Waals surface area contributed by atoms with E-state index in [4.69, 9.17) is 14.7 Å². The fraction of sp³-hybridized carbons (Fsp3) is 0.452. The summed E-state index contributed by atoms with van der Waals surface area (Å²) in [5, 5.41) is 3.74. The number of nitrogens with one attached hydrogen (secondary N) is 1. The lowest BCUT2D eigenvalue weighted by Gasteiger charge is -2.31. The number of pyridine rings is 1. The molecule has 3 aromatic heterocycles. The highest BCUT2D eigenvalue weighted by Gasteiger charge is 2.26. The molecular weight excluding hydrogens is 518 g/mol. The molecule has 1 amide bonds. The molecule has 0 aliphatic carbocycles. The minimum Gasteiger partial charge on any atom is -0.444 e. The topological polar surface area (TPSA) is 107 Å². The summed E-state index contributed by atoms with van der Waals surface area (Å²) in [5.74, 6) is 1.01. The van der Waals surface area contributed by atoms with Gasteiger partial charge in [-0.25, -0.2) is 24.1 Å². The van der Waals surface area contributed by atoms with Crippen molar-refractivity contribution < 1.29 is 9.53 Å². The summed E-state index contributed by atoms with van der Waals surface area (Å²) < 4.78 is 9.02. The minimum absolute atomic E-state index is 0.117. The normalized spacial score (nSPS) is 13.9. The summed E-state index contributed by atoms with van der Waals surface area (Å²) in [7, 11) is 0. The summed E-state index contributed by atoms with van der Waals surface area (Å²) in [6.07, 6.45) is 2.00. The molecule has 4 heterocycles. The van der Waals surface area contributed by atoms with E-state index in [-0.39, 0.29) is 23.1 Å². The molecule has 10 heteroatoms. The van der Waals surface area contributed by atoms with Crippen molar-refractivity contribution in [2.75, 3.05) is 11.9 Å². The van der Waals surface area contributed by atoms with Gasteiger partial charge in [0, 0.05) is 42.1 Å². The lowest BCUT2D eigenvalue weighted by atomic mass is 9.92. The summed E-state index contributed by atoms with van der Waals surface area (Å²) >= 11 is 0. The Labute approximate surface area is 240 Å². The number of nitrogens with zero attached hydrogens (tertiary/aromatic N) is 6. The van der Waals surface area contributed by atoms with Crippen LogP contribution in [-0.4, -0.2) is 47.5 Å². The van der Waals surface area contributed by atoms with Gasteiger partial charge in [0.25, 0.3) is 5.56 Å². The van der Waals surface area contributed by atoms with Crippen molar-refractivity contribution in [3.8, 4) is 5.82 Å². The highest BCUT2D eigenvalue weighted by atomic mass is 16.6. The van der Waals surface area contributed by atoms with Gasteiger partial charge < -0.3 is 15.0 Å². The minimum atomic E-state index is -0.529. The smallest absolute Gasteiger partial charge is 0.410 e. The van der Waals surface area contributed by atoms with Gasteiger partial charge >= 0.3 is 6.09 Å². The van der Waals surface area contributed by atoms with Crippen molar-refractivity contribution in [1.82, 2.24) is 29.2 Å². The van der Waals surface area contributed by atoms with Crippen molar-refractivity contribution in [2.45, 2.75) is 85.4 Å². The summed E-state index contributed by atoms with van der Waals surface area (Å²) in [6, 6.07) is 11.8.